The van der Waals surface area contributed by atoms with E-state index in [2.05, 4.69) is 18.8 Å². The number of hydrogen-bond acceptors (Lipinski definition) is 4. The van der Waals surface area contributed by atoms with E-state index in [-0.39, 0.29) is 5.78 Å². The fraction of sp³-hybridized carbons (Fsp3) is 0.263. The summed E-state index contributed by atoms with van der Waals surface area (Å²) in [6, 6.07) is 11.6. The zero-order chi connectivity index (χ0) is 16.6. The van der Waals surface area contributed by atoms with Gasteiger partial charge in [-0.1, -0.05) is 43.7 Å². The van der Waals surface area contributed by atoms with E-state index in [1.807, 2.05) is 43.3 Å². The number of ketones is 1. The van der Waals surface area contributed by atoms with Gasteiger partial charge in [-0.3, -0.25) is 4.79 Å². The lowest BCUT2D eigenvalue weighted by Gasteiger charge is -2.03. The molecular weight excluding hydrogens is 304 g/mol. The minimum atomic E-state index is -0.0316. The predicted octanol–water partition coefficient (Wildman–Crippen LogP) is 4.62. The van der Waals surface area contributed by atoms with Crippen LogP contribution in [0.1, 0.15) is 40.3 Å². The third kappa shape index (κ3) is 3.13. The number of hydrogen-bond donors (Lipinski definition) is 1. The first kappa shape index (κ1) is 15.7. The summed E-state index contributed by atoms with van der Waals surface area (Å²) in [5, 5.41) is 0.873. The normalized spacial score (nSPS) is 11.3. The summed E-state index contributed by atoms with van der Waals surface area (Å²) in [6.45, 7) is 6.34. The average molecular weight is 324 g/mol. The van der Waals surface area contributed by atoms with Gasteiger partial charge in [-0.05, 0) is 31.4 Å². The Labute approximate surface area is 140 Å². The molecule has 3 aromatic rings. The number of nitrogens with two attached hydrogens (primary N) is 1. The molecule has 3 nitrogen and oxygen atoms in total. The lowest BCUT2D eigenvalue weighted by atomic mass is 10.1. The maximum absolute atomic E-state index is 12.7. The fourth-order valence-electron chi connectivity index (χ4n) is 2.57. The van der Waals surface area contributed by atoms with Crippen LogP contribution in [-0.4, -0.2) is 10.8 Å². The van der Waals surface area contributed by atoms with E-state index >= 15 is 0 Å². The number of rotatable bonds is 4. The minimum Gasteiger partial charge on any atom is -0.397 e. The summed E-state index contributed by atoms with van der Waals surface area (Å²) in [6.07, 6.45) is 0.926. The van der Waals surface area contributed by atoms with Crippen molar-refractivity contribution < 1.29 is 4.79 Å². The van der Waals surface area contributed by atoms with E-state index in [1.165, 1.54) is 11.3 Å². The maximum Gasteiger partial charge on any atom is 0.205 e. The fourth-order valence-corrected chi connectivity index (χ4v) is 3.65. The van der Waals surface area contributed by atoms with Gasteiger partial charge < -0.3 is 5.73 Å². The van der Waals surface area contributed by atoms with Crippen LogP contribution in [0.4, 0.5) is 5.69 Å². The van der Waals surface area contributed by atoms with Gasteiger partial charge in [-0.2, -0.15) is 0 Å². The van der Waals surface area contributed by atoms with E-state index in [9.17, 15) is 4.79 Å². The number of nitrogens with zero attached hydrogens (tertiary/aromatic N) is 1. The third-order valence-electron chi connectivity index (χ3n) is 3.79. The van der Waals surface area contributed by atoms with E-state index < -0.39 is 0 Å². The standard InChI is InChI=1S/C19H20N2OS/c1-11(2)10-14-8-9-15-16(20)18(23-19(15)21-14)17(22)13-6-4-12(3)5-7-13/h4-9,11H,10,20H2,1-3H3. The SMILES string of the molecule is Cc1ccc(C(=O)c2sc3nc(CC(C)C)ccc3c2N)cc1. The van der Waals surface area contributed by atoms with Crippen molar-refractivity contribution in [2.24, 2.45) is 5.92 Å². The summed E-state index contributed by atoms with van der Waals surface area (Å²) < 4.78 is 0. The van der Waals surface area contributed by atoms with Crippen LogP contribution in [-0.2, 0) is 6.42 Å². The summed E-state index contributed by atoms with van der Waals surface area (Å²) in [4.78, 5) is 18.8. The smallest absolute Gasteiger partial charge is 0.205 e. The van der Waals surface area contributed by atoms with Crippen molar-refractivity contribution in [3.8, 4) is 0 Å². The molecule has 1 aromatic carbocycles. The van der Waals surface area contributed by atoms with Crippen LogP contribution in [0.25, 0.3) is 10.2 Å². The minimum absolute atomic E-state index is 0.0316. The van der Waals surface area contributed by atoms with Crippen molar-refractivity contribution in [1.82, 2.24) is 4.98 Å². The first-order valence-electron chi connectivity index (χ1n) is 7.75. The van der Waals surface area contributed by atoms with Gasteiger partial charge >= 0.3 is 0 Å². The molecule has 0 spiro atoms. The van der Waals surface area contributed by atoms with Crippen LogP contribution >= 0.6 is 11.3 Å². The lowest BCUT2D eigenvalue weighted by molar-refractivity contribution is 0.104. The number of carbonyl (C=O) groups excluding carboxylic acids is 1. The highest BCUT2D eigenvalue weighted by Gasteiger charge is 2.19. The van der Waals surface area contributed by atoms with Crippen LogP contribution in [0.15, 0.2) is 36.4 Å². The van der Waals surface area contributed by atoms with Crippen LogP contribution < -0.4 is 5.73 Å². The number of aromatic nitrogens is 1. The highest BCUT2D eigenvalue weighted by Crippen LogP contribution is 2.34. The molecule has 0 aliphatic heterocycles. The van der Waals surface area contributed by atoms with Gasteiger partial charge in [0.1, 0.15) is 9.71 Å². The lowest BCUT2D eigenvalue weighted by Crippen LogP contribution is -2.01. The summed E-state index contributed by atoms with van der Waals surface area (Å²) in [7, 11) is 0. The Morgan fingerprint density at radius 3 is 2.52 bits per heavy atom. The number of carbonyl (C=O) groups is 1. The summed E-state index contributed by atoms with van der Waals surface area (Å²) in [5.41, 5.74) is 9.59. The number of pyridine rings is 1. The molecule has 2 heterocycles. The zero-order valence-corrected chi connectivity index (χ0v) is 14.4. The molecule has 0 aliphatic rings. The Morgan fingerprint density at radius 1 is 1.17 bits per heavy atom. The Kier molecular flexibility index (Phi) is 4.18. The van der Waals surface area contributed by atoms with Crippen molar-refractivity contribution in [3.05, 3.63) is 58.1 Å². The largest absolute Gasteiger partial charge is 0.397 e. The summed E-state index contributed by atoms with van der Waals surface area (Å²) in [5.74, 6) is 0.516. The number of fused-ring (bicyclic) bond motifs is 1. The quantitative estimate of drug-likeness (QED) is 0.713. The molecule has 0 bridgehead atoms. The highest BCUT2D eigenvalue weighted by molar-refractivity contribution is 7.21. The predicted molar refractivity (Wildman–Crippen MR) is 97.2 cm³/mol. The van der Waals surface area contributed by atoms with Gasteiger partial charge in [0.2, 0.25) is 5.78 Å². The molecule has 2 N–H and O–H groups in total. The molecule has 23 heavy (non-hydrogen) atoms. The Balaban J connectivity index is 2.02. The van der Waals surface area contributed by atoms with E-state index in [0.29, 0.717) is 22.0 Å². The maximum atomic E-state index is 12.7. The molecule has 0 atom stereocenters. The van der Waals surface area contributed by atoms with Gasteiger partial charge in [0, 0.05) is 16.6 Å². The molecule has 0 fully saturated rings. The summed E-state index contributed by atoms with van der Waals surface area (Å²) >= 11 is 1.39. The Morgan fingerprint density at radius 2 is 1.87 bits per heavy atom. The van der Waals surface area contributed by atoms with E-state index in [1.54, 1.807) is 0 Å². The molecule has 0 saturated carbocycles. The molecule has 2 aromatic heterocycles. The number of nitrogen functional groups attached to an aromatic ring is 1. The Bertz CT molecular complexity index is 863. The monoisotopic (exact) mass is 324 g/mol. The molecular formula is C19H20N2OS. The topological polar surface area (TPSA) is 56.0 Å². The van der Waals surface area contributed by atoms with Crippen LogP contribution in [0.3, 0.4) is 0 Å². The van der Waals surface area contributed by atoms with Crippen LogP contribution in [0.5, 0.6) is 0 Å². The number of anilines is 1. The second-order valence-corrected chi connectivity index (χ2v) is 7.29. The second-order valence-electron chi connectivity index (χ2n) is 6.29. The molecule has 0 unspecified atom stereocenters. The average Bonchev–Trinajstić information content (AvgIpc) is 2.83. The zero-order valence-electron chi connectivity index (χ0n) is 13.6. The highest BCUT2D eigenvalue weighted by atomic mass is 32.1. The van der Waals surface area contributed by atoms with Crippen molar-refractivity contribution in [2.75, 3.05) is 5.73 Å². The van der Waals surface area contributed by atoms with Gasteiger partial charge in [-0.25, -0.2) is 4.98 Å². The van der Waals surface area contributed by atoms with Gasteiger partial charge in [0.05, 0.1) is 5.69 Å². The van der Waals surface area contributed by atoms with E-state index in [0.717, 1.165) is 27.9 Å². The molecule has 118 valence electrons. The molecule has 0 radical (unpaired) electrons. The second kappa shape index (κ2) is 6.13. The molecule has 4 heteroatoms. The van der Waals surface area contributed by atoms with E-state index in [4.69, 9.17) is 5.73 Å². The molecule has 3 rings (SSSR count). The van der Waals surface area contributed by atoms with Crippen molar-refractivity contribution in [2.45, 2.75) is 27.2 Å². The van der Waals surface area contributed by atoms with Crippen LogP contribution in [0.2, 0.25) is 0 Å². The first-order valence-corrected chi connectivity index (χ1v) is 8.56. The van der Waals surface area contributed by atoms with Crippen molar-refractivity contribution in [1.29, 1.82) is 0 Å². The molecule has 0 aliphatic carbocycles. The van der Waals surface area contributed by atoms with Crippen molar-refractivity contribution in [3.63, 3.8) is 0 Å². The number of benzene rings is 1. The van der Waals surface area contributed by atoms with Crippen molar-refractivity contribution >= 4 is 33.0 Å². The van der Waals surface area contributed by atoms with Gasteiger partial charge in [-0.15, -0.1) is 11.3 Å². The molecule has 0 amide bonds. The Hall–Kier alpha value is -2.20. The molecule has 0 saturated heterocycles. The van der Waals surface area contributed by atoms with Gasteiger partial charge in [0.25, 0.3) is 0 Å². The first-order chi connectivity index (χ1) is 11.0. The third-order valence-corrected chi connectivity index (χ3v) is 4.90. The van der Waals surface area contributed by atoms with Gasteiger partial charge in [0.15, 0.2) is 0 Å². The number of aryl methyl sites for hydroxylation is 1. The van der Waals surface area contributed by atoms with Crippen LogP contribution in [0, 0.1) is 12.8 Å². The number of thiophene rings is 1.